The van der Waals surface area contributed by atoms with Gasteiger partial charge in [0.15, 0.2) is 6.10 Å². The molecular formula is C19H20FNO4. The Morgan fingerprint density at radius 1 is 1.00 bits per heavy atom. The zero-order chi connectivity index (χ0) is 18.4. The molecule has 5 nitrogen and oxygen atoms in total. The number of rotatable bonds is 6. The lowest BCUT2D eigenvalue weighted by Crippen LogP contribution is -2.30. The molecule has 1 amide bonds. The van der Waals surface area contributed by atoms with Gasteiger partial charge in [-0.1, -0.05) is 12.1 Å². The second-order valence-corrected chi connectivity index (χ2v) is 5.71. The fourth-order valence-electron chi connectivity index (χ4n) is 2.02. The number of halogens is 1. The largest absolute Gasteiger partial charge is 0.491 e. The summed E-state index contributed by atoms with van der Waals surface area (Å²) in [4.78, 5) is 24.1. The first kappa shape index (κ1) is 18.4. The van der Waals surface area contributed by atoms with Gasteiger partial charge in [-0.2, -0.15) is 0 Å². The van der Waals surface area contributed by atoms with Gasteiger partial charge in [-0.3, -0.25) is 4.79 Å². The van der Waals surface area contributed by atoms with Crippen LogP contribution < -0.4 is 10.1 Å². The van der Waals surface area contributed by atoms with E-state index in [1.807, 2.05) is 13.8 Å². The molecule has 132 valence electrons. The first-order chi connectivity index (χ1) is 11.9. The number of carbonyl (C=O) groups excluding carboxylic acids is 2. The van der Waals surface area contributed by atoms with Gasteiger partial charge in [0.25, 0.3) is 5.91 Å². The minimum absolute atomic E-state index is 0.0277. The maximum absolute atomic E-state index is 13.5. The van der Waals surface area contributed by atoms with Gasteiger partial charge in [0.1, 0.15) is 11.6 Å². The highest BCUT2D eigenvalue weighted by molar-refractivity contribution is 5.97. The monoisotopic (exact) mass is 345 g/mol. The summed E-state index contributed by atoms with van der Waals surface area (Å²) >= 11 is 0. The zero-order valence-corrected chi connectivity index (χ0v) is 14.3. The molecule has 0 saturated carbocycles. The van der Waals surface area contributed by atoms with Crippen molar-refractivity contribution in [2.24, 2.45) is 0 Å². The van der Waals surface area contributed by atoms with Crippen LogP contribution in [0.1, 0.15) is 31.1 Å². The van der Waals surface area contributed by atoms with Gasteiger partial charge < -0.3 is 14.8 Å². The van der Waals surface area contributed by atoms with Crippen LogP contribution in [0.4, 0.5) is 10.1 Å². The molecule has 2 aromatic rings. The maximum atomic E-state index is 13.5. The van der Waals surface area contributed by atoms with Crippen LogP contribution in [0.25, 0.3) is 0 Å². The Morgan fingerprint density at radius 3 is 2.24 bits per heavy atom. The smallest absolute Gasteiger partial charge is 0.338 e. The molecule has 0 heterocycles. The highest BCUT2D eigenvalue weighted by Gasteiger charge is 2.20. The summed E-state index contributed by atoms with van der Waals surface area (Å²) in [5.41, 5.74) is 0.326. The number of benzene rings is 2. The molecular weight excluding hydrogens is 325 g/mol. The molecule has 2 aromatic carbocycles. The first-order valence-corrected chi connectivity index (χ1v) is 7.90. The first-order valence-electron chi connectivity index (χ1n) is 7.90. The molecule has 1 N–H and O–H groups in total. The fourth-order valence-corrected chi connectivity index (χ4v) is 2.02. The second-order valence-electron chi connectivity index (χ2n) is 5.71. The SMILES string of the molecule is CC(C)Oc1ccc(C(=O)O[C@@H](C)C(=O)Nc2ccccc2F)cc1. The van der Waals surface area contributed by atoms with Crippen molar-refractivity contribution in [1.82, 2.24) is 0 Å². The second kappa shape index (κ2) is 8.28. The summed E-state index contributed by atoms with van der Waals surface area (Å²) < 4.78 is 24.1. The minimum Gasteiger partial charge on any atom is -0.491 e. The Balaban J connectivity index is 1.95. The van der Waals surface area contributed by atoms with Crippen LogP contribution in [0.15, 0.2) is 48.5 Å². The van der Waals surface area contributed by atoms with Crippen LogP contribution in [0.3, 0.4) is 0 Å². The van der Waals surface area contributed by atoms with Crippen molar-refractivity contribution in [1.29, 1.82) is 0 Å². The number of hydrogen-bond acceptors (Lipinski definition) is 4. The Kier molecular flexibility index (Phi) is 6.11. The van der Waals surface area contributed by atoms with Gasteiger partial charge in [-0.25, -0.2) is 9.18 Å². The average molecular weight is 345 g/mol. The predicted molar refractivity (Wildman–Crippen MR) is 92.1 cm³/mol. The molecule has 1 atom stereocenters. The Hall–Kier alpha value is -2.89. The molecule has 2 rings (SSSR count). The number of ether oxygens (including phenoxy) is 2. The average Bonchev–Trinajstić information content (AvgIpc) is 2.56. The fraction of sp³-hybridized carbons (Fsp3) is 0.263. The standard InChI is InChI=1S/C19H20FNO4/c1-12(2)24-15-10-8-14(9-11-15)19(23)25-13(3)18(22)21-17-7-5-4-6-16(17)20/h4-13H,1-3H3,(H,21,22)/t13-/m0/s1. The minimum atomic E-state index is -1.07. The van der Waals surface area contributed by atoms with Crippen molar-refractivity contribution in [2.45, 2.75) is 33.0 Å². The Morgan fingerprint density at radius 2 is 1.64 bits per heavy atom. The van der Waals surface area contributed by atoms with Crippen molar-refractivity contribution < 1.29 is 23.5 Å². The normalized spacial score (nSPS) is 11.7. The van der Waals surface area contributed by atoms with Crippen molar-refractivity contribution in [3.8, 4) is 5.75 Å². The van der Waals surface area contributed by atoms with Gasteiger partial charge in [0, 0.05) is 0 Å². The van der Waals surface area contributed by atoms with E-state index in [1.165, 1.54) is 25.1 Å². The lowest BCUT2D eigenvalue weighted by atomic mass is 10.2. The molecule has 0 radical (unpaired) electrons. The van der Waals surface area contributed by atoms with Crippen LogP contribution in [-0.4, -0.2) is 24.1 Å². The number of esters is 1. The Bertz CT molecular complexity index is 743. The molecule has 0 aliphatic heterocycles. The number of nitrogens with one attached hydrogen (secondary N) is 1. The van der Waals surface area contributed by atoms with Crippen molar-refractivity contribution >= 4 is 17.6 Å². The topological polar surface area (TPSA) is 64.6 Å². The van der Waals surface area contributed by atoms with Crippen LogP contribution in [0.2, 0.25) is 0 Å². The highest BCUT2D eigenvalue weighted by Crippen LogP contribution is 2.16. The van der Waals surface area contributed by atoms with Crippen molar-refractivity contribution in [3.05, 3.63) is 59.9 Å². The van der Waals surface area contributed by atoms with E-state index in [0.29, 0.717) is 11.3 Å². The number of carbonyl (C=O) groups is 2. The number of amides is 1. The third-order valence-electron chi connectivity index (χ3n) is 3.25. The summed E-state index contributed by atoms with van der Waals surface area (Å²) in [7, 11) is 0. The van der Waals surface area contributed by atoms with Gasteiger partial charge in [0.2, 0.25) is 0 Å². The van der Waals surface area contributed by atoms with E-state index in [4.69, 9.17) is 9.47 Å². The van der Waals surface area contributed by atoms with Crippen molar-refractivity contribution in [2.75, 3.05) is 5.32 Å². The van der Waals surface area contributed by atoms with Crippen LogP contribution >= 0.6 is 0 Å². The van der Waals surface area contributed by atoms with E-state index >= 15 is 0 Å². The number of hydrogen-bond donors (Lipinski definition) is 1. The van der Waals surface area contributed by atoms with E-state index in [9.17, 15) is 14.0 Å². The van der Waals surface area contributed by atoms with E-state index in [1.54, 1.807) is 30.3 Å². The quantitative estimate of drug-likeness (QED) is 0.809. The summed E-state index contributed by atoms with van der Waals surface area (Å²) in [6, 6.07) is 12.2. The summed E-state index contributed by atoms with van der Waals surface area (Å²) in [5.74, 6) is -1.18. The number of anilines is 1. The van der Waals surface area contributed by atoms with Crippen LogP contribution in [-0.2, 0) is 9.53 Å². The van der Waals surface area contributed by atoms with Gasteiger partial charge in [-0.05, 0) is 57.2 Å². The molecule has 0 aliphatic rings. The van der Waals surface area contributed by atoms with Gasteiger partial charge in [-0.15, -0.1) is 0 Å². The van der Waals surface area contributed by atoms with E-state index in [-0.39, 0.29) is 11.8 Å². The van der Waals surface area contributed by atoms with Crippen molar-refractivity contribution in [3.63, 3.8) is 0 Å². The maximum Gasteiger partial charge on any atom is 0.338 e. The lowest BCUT2D eigenvalue weighted by Gasteiger charge is -2.14. The molecule has 0 spiro atoms. The molecule has 0 saturated heterocycles. The molecule has 6 heteroatoms. The lowest BCUT2D eigenvalue weighted by molar-refractivity contribution is -0.123. The molecule has 0 aliphatic carbocycles. The summed E-state index contributed by atoms with van der Waals surface area (Å²) in [6.07, 6.45) is -1.04. The van der Waals surface area contributed by atoms with Gasteiger partial charge in [0.05, 0.1) is 17.4 Å². The molecule has 0 aromatic heterocycles. The third kappa shape index (κ3) is 5.31. The zero-order valence-electron chi connectivity index (χ0n) is 14.3. The summed E-state index contributed by atoms with van der Waals surface area (Å²) in [6.45, 7) is 5.22. The molecule has 0 unspecified atom stereocenters. The Labute approximate surface area is 145 Å². The number of para-hydroxylation sites is 1. The van der Waals surface area contributed by atoms with E-state index < -0.39 is 23.8 Å². The molecule has 25 heavy (non-hydrogen) atoms. The highest BCUT2D eigenvalue weighted by atomic mass is 19.1. The molecule has 0 fully saturated rings. The van der Waals surface area contributed by atoms with Gasteiger partial charge >= 0.3 is 5.97 Å². The van der Waals surface area contributed by atoms with Crippen LogP contribution in [0.5, 0.6) is 5.75 Å². The predicted octanol–water partition coefficient (Wildman–Crippen LogP) is 3.80. The third-order valence-corrected chi connectivity index (χ3v) is 3.25. The van der Waals surface area contributed by atoms with Crippen LogP contribution in [0, 0.1) is 5.82 Å². The molecule has 0 bridgehead atoms. The summed E-state index contributed by atoms with van der Waals surface area (Å²) in [5, 5.41) is 2.39. The van der Waals surface area contributed by atoms with E-state index in [2.05, 4.69) is 5.32 Å². The van der Waals surface area contributed by atoms with E-state index in [0.717, 1.165) is 0 Å².